The summed E-state index contributed by atoms with van der Waals surface area (Å²) in [6, 6.07) is 19.3. The fourth-order valence-corrected chi connectivity index (χ4v) is 2.32. The number of amides is 1. The van der Waals surface area contributed by atoms with E-state index in [-0.39, 0.29) is 5.76 Å². The molecule has 1 aromatic heterocycles. The molecule has 0 saturated carbocycles. The number of nitrogens with zero attached hydrogens (tertiary/aromatic N) is 1. The molecule has 5 heteroatoms. The van der Waals surface area contributed by atoms with Gasteiger partial charge in [-0.1, -0.05) is 35.9 Å². The van der Waals surface area contributed by atoms with E-state index in [0.717, 1.165) is 5.56 Å². The van der Waals surface area contributed by atoms with Crippen molar-refractivity contribution in [3.05, 3.63) is 77.0 Å². The topological polar surface area (TPSA) is 66.0 Å². The van der Waals surface area contributed by atoms with Crippen molar-refractivity contribution in [3.8, 4) is 17.4 Å². The van der Waals surface area contributed by atoms with Crippen molar-refractivity contribution in [2.75, 3.05) is 5.32 Å². The molecule has 0 unspecified atom stereocenters. The fourth-order valence-electron chi connectivity index (χ4n) is 2.13. The van der Waals surface area contributed by atoms with Gasteiger partial charge in [0.15, 0.2) is 5.76 Å². The van der Waals surface area contributed by atoms with Gasteiger partial charge >= 0.3 is 0 Å². The summed E-state index contributed by atoms with van der Waals surface area (Å²) in [6.07, 6.45) is 0. The largest absolute Gasteiger partial charge is 0.451 e. The molecule has 3 rings (SSSR count). The maximum atomic E-state index is 12.3. The molecule has 1 heterocycles. The minimum Gasteiger partial charge on any atom is -0.451 e. The first-order valence-electron chi connectivity index (χ1n) is 6.83. The predicted molar refractivity (Wildman–Crippen MR) is 88.3 cm³/mol. The van der Waals surface area contributed by atoms with E-state index in [0.29, 0.717) is 22.0 Å². The zero-order valence-electron chi connectivity index (χ0n) is 11.9. The van der Waals surface area contributed by atoms with Crippen LogP contribution in [-0.4, -0.2) is 5.91 Å². The van der Waals surface area contributed by atoms with Crippen LogP contribution in [0.3, 0.4) is 0 Å². The number of furan rings is 1. The lowest BCUT2D eigenvalue weighted by atomic mass is 10.2. The van der Waals surface area contributed by atoms with Crippen LogP contribution in [0.2, 0.25) is 5.02 Å². The molecule has 0 bridgehead atoms. The lowest BCUT2D eigenvalue weighted by Gasteiger charge is -2.04. The molecule has 0 atom stereocenters. The Hall–Kier alpha value is -3.03. The Morgan fingerprint density at radius 1 is 1.09 bits per heavy atom. The third-order valence-corrected chi connectivity index (χ3v) is 3.47. The standard InChI is InChI=1S/C18H11ClN2O2/c19-14-6-3-5-12(10-14)16-8-9-17(23-16)18(22)21-15-7-2-1-4-13(15)11-20/h1-10H,(H,21,22). The third kappa shape index (κ3) is 3.25. The average Bonchev–Trinajstić information content (AvgIpc) is 3.05. The van der Waals surface area contributed by atoms with Gasteiger partial charge in [0.05, 0.1) is 11.3 Å². The molecular weight excluding hydrogens is 312 g/mol. The van der Waals surface area contributed by atoms with Gasteiger partial charge < -0.3 is 9.73 Å². The Balaban J connectivity index is 1.83. The normalized spacial score (nSPS) is 10.1. The minimum absolute atomic E-state index is 0.160. The smallest absolute Gasteiger partial charge is 0.291 e. The Morgan fingerprint density at radius 2 is 1.91 bits per heavy atom. The maximum Gasteiger partial charge on any atom is 0.291 e. The molecule has 0 radical (unpaired) electrons. The molecule has 0 saturated heterocycles. The molecule has 2 aromatic carbocycles. The van der Waals surface area contributed by atoms with Gasteiger partial charge in [0.25, 0.3) is 5.91 Å². The van der Waals surface area contributed by atoms with E-state index in [9.17, 15) is 4.79 Å². The van der Waals surface area contributed by atoms with Gasteiger partial charge in [-0.2, -0.15) is 5.26 Å². The van der Waals surface area contributed by atoms with Crippen LogP contribution in [-0.2, 0) is 0 Å². The first kappa shape index (κ1) is 14.9. The van der Waals surface area contributed by atoms with Gasteiger partial charge in [-0.05, 0) is 36.4 Å². The fraction of sp³-hybridized carbons (Fsp3) is 0. The van der Waals surface area contributed by atoms with Crippen LogP contribution in [0.25, 0.3) is 11.3 Å². The Bertz CT molecular complexity index is 909. The highest BCUT2D eigenvalue weighted by Crippen LogP contribution is 2.25. The van der Waals surface area contributed by atoms with Gasteiger partial charge in [0, 0.05) is 10.6 Å². The molecule has 0 aliphatic heterocycles. The lowest BCUT2D eigenvalue weighted by Crippen LogP contribution is -2.11. The number of hydrogen-bond acceptors (Lipinski definition) is 3. The molecule has 3 aromatic rings. The van der Waals surface area contributed by atoms with Crippen molar-refractivity contribution in [3.63, 3.8) is 0 Å². The molecule has 4 nitrogen and oxygen atoms in total. The number of carbonyl (C=O) groups is 1. The average molecular weight is 323 g/mol. The summed E-state index contributed by atoms with van der Waals surface area (Å²) in [5.74, 6) is 0.292. The van der Waals surface area contributed by atoms with Crippen LogP contribution in [0.15, 0.2) is 65.1 Å². The zero-order chi connectivity index (χ0) is 16.2. The highest BCUT2D eigenvalue weighted by Gasteiger charge is 2.14. The summed E-state index contributed by atoms with van der Waals surface area (Å²) >= 11 is 5.95. The number of rotatable bonds is 3. The number of hydrogen-bond donors (Lipinski definition) is 1. The number of carbonyl (C=O) groups excluding carboxylic acids is 1. The van der Waals surface area contributed by atoms with Gasteiger partial charge in [0.2, 0.25) is 0 Å². The quantitative estimate of drug-likeness (QED) is 0.758. The molecule has 0 aliphatic rings. The Morgan fingerprint density at radius 3 is 2.70 bits per heavy atom. The van der Waals surface area contributed by atoms with Crippen molar-refractivity contribution < 1.29 is 9.21 Å². The number of nitrogens with one attached hydrogen (secondary N) is 1. The molecular formula is C18H11ClN2O2. The number of para-hydroxylation sites is 1. The van der Waals surface area contributed by atoms with E-state index >= 15 is 0 Å². The first-order chi connectivity index (χ1) is 11.2. The van der Waals surface area contributed by atoms with Gasteiger partial charge in [-0.3, -0.25) is 4.79 Å². The van der Waals surface area contributed by atoms with Crippen LogP contribution in [0.4, 0.5) is 5.69 Å². The van der Waals surface area contributed by atoms with Gasteiger partial charge in [-0.15, -0.1) is 0 Å². The van der Waals surface area contributed by atoms with Crippen LogP contribution < -0.4 is 5.32 Å². The predicted octanol–water partition coefficient (Wildman–Crippen LogP) is 4.72. The van der Waals surface area contributed by atoms with E-state index < -0.39 is 5.91 Å². The highest BCUT2D eigenvalue weighted by molar-refractivity contribution is 6.30. The summed E-state index contributed by atoms with van der Waals surface area (Å²) in [5, 5.41) is 12.3. The summed E-state index contributed by atoms with van der Waals surface area (Å²) in [5.41, 5.74) is 1.62. The third-order valence-electron chi connectivity index (χ3n) is 3.23. The van der Waals surface area contributed by atoms with E-state index in [1.165, 1.54) is 0 Å². The minimum atomic E-state index is -0.416. The summed E-state index contributed by atoms with van der Waals surface area (Å²) < 4.78 is 5.58. The monoisotopic (exact) mass is 322 g/mol. The van der Waals surface area contributed by atoms with Crippen molar-refractivity contribution in [2.24, 2.45) is 0 Å². The van der Waals surface area contributed by atoms with Gasteiger partial charge in [-0.25, -0.2) is 0 Å². The van der Waals surface area contributed by atoms with Crippen LogP contribution in [0.1, 0.15) is 16.1 Å². The van der Waals surface area contributed by atoms with Crippen LogP contribution in [0.5, 0.6) is 0 Å². The van der Waals surface area contributed by atoms with Crippen LogP contribution in [0, 0.1) is 11.3 Å². The molecule has 23 heavy (non-hydrogen) atoms. The second kappa shape index (κ2) is 6.39. The maximum absolute atomic E-state index is 12.3. The molecule has 112 valence electrons. The van der Waals surface area contributed by atoms with Crippen molar-refractivity contribution in [2.45, 2.75) is 0 Å². The molecule has 0 spiro atoms. The van der Waals surface area contributed by atoms with E-state index in [1.54, 1.807) is 48.5 Å². The zero-order valence-corrected chi connectivity index (χ0v) is 12.7. The van der Waals surface area contributed by atoms with Crippen molar-refractivity contribution >= 4 is 23.2 Å². The van der Waals surface area contributed by atoms with Gasteiger partial charge in [0.1, 0.15) is 11.8 Å². The highest BCUT2D eigenvalue weighted by atomic mass is 35.5. The Labute approximate surface area is 137 Å². The second-order valence-electron chi connectivity index (χ2n) is 4.79. The number of benzene rings is 2. The summed E-state index contributed by atoms with van der Waals surface area (Å²) in [4.78, 5) is 12.3. The summed E-state index contributed by atoms with van der Waals surface area (Å²) in [7, 11) is 0. The van der Waals surface area contributed by atoms with E-state index in [2.05, 4.69) is 5.32 Å². The molecule has 1 N–H and O–H groups in total. The molecule has 0 aliphatic carbocycles. The van der Waals surface area contributed by atoms with Crippen molar-refractivity contribution in [1.82, 2.24) is 0 Å². The lowest BCUT2D eigenvalue weighted by molar-refractivity contribution is 0.0997. The first-order valence-corrected chi connectivity index (χ1v) is 7.21. The molecule has 0 fully saturated rings. The van der Waals surface area contributed by atoms with E-state index in [4.69, 9.17) is 21.3 Å². The number of halogens is 1. The molecule has 1 amide bonds. The van der Waals surface area contributed by atoms with E-state index in [1.807, 2.05) is 18.2 Å². The second-order valence-corrected chi connectivity index (χ2v) is 5.22. The number of nitriles is 1. The van der Waals surface area contributed by atoms with Crippen molar-refractivity contribution in [1.29, 1.82) is 5.26 Å². The number of anilines is 1. The Kier molecular flexibility index (Phi) is 4.13. The van der Waals surface area contributed by atoms with Crippen LogP contribution >= 0.6 is 11.6 Å². The summed E-state index contributed by atoms with van der Waals surface area (Å²) in [6.45, 7) is 0. The SMILES string of the molecule is N#Cc1ccccc1NC(=O)c1ccc(-c2cccc(Cl)c2)o1.